The lowest BCUT2D eigenvalue weighted by Crippen LogP contribution is -2.29. The van der Waals surface area contributed by atoms with E-state index in [1.54, 1.807) is 6.92 Å². The molecule has 0 bridgehead atoms. The average Bonchev–Trinajstić information content (AvgIpc) is 2.37. The molecule has 0 atom stereocenters. The molecule has 8 nitrogen and oxygen atoms in total. The Kier molecular flexibility index (Phi) is 3.70. The highest BCUT2D eigenvalue weighted by Gasteiger charge is 2.13. The van der Waals surface area contributed by atoms with Gasteiger partial charge in [0.25, 0.3) is 11.5 Å². The molecule has 1 heterocycles. The predicted octanol–water partition coefficient (Wildman–Crippen LogP) is 0.322. The van der Waals surface area contributed by atoms with Crippen LogP contribution >= 0.6 is 0 Å². The third kappa shape index (κ3) is 3.06. The van der Waals surface area contributed by atoms with E-state index < -0.39 is 23.1 Å². The third-order valence-corrected chi connectivity index (χ3v) is 2.78. The van der Waals surface area contributed by atoms with Gasteiger partial charge in [0, 0.05) is 11.9 Å². The van der Waals surface area contributed by atoms with Gasteiger partial charge in [-0.1, -0.05) is 0 Å². The van der Waals surface area contributed by atoms with Crippen LogP contribution in [0.3, 0.4) is 0 Å². The second kappa shape index (κ2) is 5.45. The van der Waals surface area contributed by atoms with Crippen LogP contribution in [0.15, 0.2) is 34.0 Å². The van der Waals surface area contributed by atoms with E-state index in [4.69, 9.17) is 5.11 Å². The number of carbonyl (C=O) groups excluding carboxylic acids is 1. The Morgan fingerprint density at radius 3 is 2.48 bits per heavy atom. The predicted molar refractivity (Wildman–Crippen MR) is 73.8 cm³/mol. The molecule has 2 rings (SSSR count). The van der Waals surface area contributed by atoms with Gasteiger partial charge in [0.1, 0.15) is 5.56 Å². The lowest BCUT2D eigenvalue weighted by molar-refractivity contribution is 0.0696. The highest BCUT2D eigenvalue weighted by Crippen LogP contribution is 2.15. The molecule has 0 aliphatic heterocycles. The number of carboxylic acid groups (broad SMARTS) is 1. The summed E-state index contributed by atoms with van der Waals surface area (Å²) in [6.07, 6.45) is 1.01. The number of amides is 1. The summed E-state index contributed by atoms with van der Waals surface area (Å²) in [6.45, 7) is 1.59. The molecular formula is C13H11N3O5. The van der Waals surface area contributed by atoms with Crippen LogP contribution in [0.1, 0.15) is 26.3 Å². The third-order valence-electron chi connectivity index (χ3n) is 2.78. The van der Waals surface area contributed by atoms with Crippen LogP contribution in [0, 0.1) is 6.92 Å². The minimum Gasteiger partial charge on any atom is -0.478 e. The van der Waals surface area contributed by atoms with Crippen molar-refractivity contribution >= 4 is 17.6 Å². The number of carboxylic acids is 1. The van der Waals surface area contributed by atoms with Gasteiger partial charge < -0.3 is 15.4 Å². The maximum absolute atomic E-state index is 11.9. The molecule has 21 heavy (non-hydrogen) atoms. The summed E-state index contributed by atoms with van der Waals surface area (Å²) in [5.74, 6) is -1.78. The largest absolute Gasteiger partial charge is 0.478 e. The fourth-order valence-electron chi connectivity index (χ4n) is 1.76. The maximum atomic E-state index is 11.9. The van der Waals surface area contributed by atoms with Gasteiger partial charge in [0.05, 0.1) is 5.56 Å². The van der Waals surface area contributed by atoms with Crippen LogP contribution in [-0.2, 0) is 0 Å². The number of hydrogen-bond acceptors (Lipinski definition) is 4. The lowest BCUT2D eigenvalue weighted by atomic mass is 10.1. The molecule has 4 N–H and O–H groups in total. The van der Waals surface area contributed by atoms with E-state index in [-0.39, 0.29) is 11.1 Å². The molecule has 1 amide bonds. The van der Waals surface area contributed by atoms with Crippen molar-refractivity contribution in [1.82, 2.24) is 9.97 Å². The summed E-state index contributed by atoms with van der Waals surface area (Å²) in [6, 6.07) is 4.24. The number of nitrogens with one attached hydrogen (secondary N) is 3. The van der Waals surface area contributed by atoms with Gasteiger partial charge >= 0.3 is 11.7 Å². The van der Waals surface area contributed by atoms with Crippen LogP contribution in [0.25, 0.3) is 0 Å². The van der Waals surface area contributed by atoms with E-state index in [0.29, 0.717) is 11.3 Å². The zero-order valence-corrected chi connectivity index (χ0v) is 10.9. The number of hydrogen-bond donors (Lipinski definition) is 4. The Balaban J connectivity index is 2.28. The first-order valence-corrected chi connectivity index (χ1v) is 5.86. The maximum Gasteiger partial charge on any atom is 0.335 e. The second-order valence-corrected chi connectivity index (χ2v) is 4.27. The smallest absolute Gasteiger partial charge is 0.335 e. The molecule has 0 aliphatic carbocycles. The Morgan fingerprint density at radius 2 is 1.90 bits per heavy atom. The molecule has 0 radical (unpaired) electrons. The van der Waals surface area contributed by atoms with Gasteiger partial charge in [0.15, 0.2) is 0 Å². The summed E-state index contributed by atoms with van der Waals surface area (Å²) in [5, 5.41) is 11.4. The van der Waals surface area contributed by atoms with E-state index in [0.717, 1.165) is 6.20 Å². The second-order valence-electron chi connectivity index (χ2n) is 4.27. The van der Waals surface area contributed by atoms with E-state index in [2.05, 4.69) is 10.3 Å². The molecule has 0 saturated heterocycles. The molecule has 0 spiro atoms. The monoisotopic (exact) mass is 289 g/mol. The first-order chi connectivity index (χ1) is 9.88. The van der Waals surface area contributed by atoms with Gasteiger partial charge in [-0.05, 0) is 30.7 Å². The summed E-state index contributed by atoms with van der Waals surface area (Å²) in [4.78, 5) is 49.3. The highest BCUT2D eigenvalue weighted by molar-refractivity contribution is 6.04. The van der Waals surface area contributed by atoms with E-state index in [1.165, 1.54) is 18.2 Å². The lowest BCUT2D eigenvalue weighted by Gasteiger charge is -2.07. The molecule has 2 aromatic rings. The number of benzene rings is 1. The van der Waals surface area contributed by atoms with Gasteiger partial charge in [-0.2, -0.15) is 0 Å². The van der Waals surface area contributed by atoms with Crippen molar-refractivity contribution in [2.75, 3.05) is 5.32 Å². The van der Waals surface area contributed by atoms with Gasteiger partial charge in [-0.3, -0.25) is 14.6 Å². The minimum atomic E-state index is -1.07. The van der Waals surface area contributed by atoms with Crippen molar-refractivity contribution in [2.24, 2.45) is 0 Å². The van der Waals surface area contributed by atoms with Crippen LogP contribution in [0.5, 0.6) is 0 Å². The molecule has 0 unspecified atom stereocenters. The van der Waals surface area contributed by atoms with Crippen molar-refractivity contribution < 1.29 is 14.7 Å². The SMILES string of the molecule is Cc1cc(NC(=O)c2c[nH]c(=O)[nH]c2=O)ccc1C(=O)O. The van der Waals surface area contributed by atoms with Gasteiger partial charge in [0.2, 0.25) is 0 Å². The van der Waals surface area contributed by atoms with Crippen LogP contribution in [0.4, 0.5) is 5.69 Å². The molecule has 0 saturated carbocycles. The molecule has 1 aromatic heterocycles. The standard InChI is InChI=1S/C13H11N3O5/c1-6-4-7(2-3-8(6)12(19)20)15-10(17)9-5-14-13(21)16-11(9)18/h2-5H,1H3,(H,15,17)(H,19,20)(H2,14,16,18,21). The van der Waals surface area contributed by atoms with Crippen LogP contribution in [0.2, 0.25) is 0 Å². The van der Waals surface area contributed by atoms with E-state index in [1.807, 2.05) is 4.98 Å². The number of aromatic amines is 2. The topological polar surface area (TPSA) is 132 Å². The van der Waals surface area contributed by atoms with Gasteiger partial charge in [-0.15, -0.1) is 0 Å². The molecule has 8 heteroatoms. The molecular weight excluding hydrogens is 278 g/mol. The normalized spacial score (nSPS) is 10.1. The summed E-state index contributed by atoms with van der Waals surface area (Å²) < 4.78 is 0. The highest BCUT2D eigenvalue weighted by atomic mass is 16.4. The number of aryl methyl sites for hydroxylation is 1. The number of carbonyl (C=O) groups is 2. The Bertz CT molecular complexity index is 834. The quantitative estimate of drug-likeness (QED) is 0.646. The first-order valence-electron chi connectivity index (χ1n) is 5.86. The zero-order valence-electron chi connectivity index (χ0n) is 10.9. The zero-order chi connectivity index (χ0) is 15.6. The number of rotatable bonds is 3. The molecule has 1 aromatic carbocycles. The van der Waals surface area contributed by atoms with Crippen molar-refractivity contribution in [3.63, 3.8) is 0 Å². The van der Waals surface area contributed by atoms with Gasteiger partial charge in [-0.25, -0.2) is 9.59 Å². The summed E-state index contributed by atoms with van der Waals surface area (Å²) in [5.41, 5.74) is -0.846. The summed E-state index contributed by atoms with van der Waals surface area (Å²) >= 11 is 0. The van der Waals surface area contributed by atoms with E-state index >= 15 is 0 Å². The summed E-state index contributed by atoms with van der Waals surface area (Å²) in [7, 11) is 0. The van der Waals surface area contributed by atoms with Crippen molar-refractivity contribution in [3.05, 3.63) is 61.9 Å². The van der Waals surface area contributed by atoms with Crippen molar-refractivity contribution in [2.45, 2.75) is 6.92 Å². The fourth-order valence-corrected chi connectivity index (χ4v) is 1.76. The van der Waals surface area contributed by atoms with Crippen molar-refractivity contribution in [3.8, 4) is 0 Å². The van der Waals surface area contributed by atoms with Crippen LogP contribution < -0.4 is 16.6 Å². The minimum absolute atomic E-state index is 0.120. The van der Waals surface area contributed by atoms with Crippen LogP contribution in [-0.4, -0.2) is 27.0 Å². The Morgan fingerprint density at radius 1 is 1.19 bits per heavy atom. The number of aromatic nitrogens is 2. The fraction of sp³-hybridized carbons (Fsp3) is 0.0769. The van der Waals surface area contributed by atoms with E-state index in [9.17, 15) is 19.2 Å². The molecule has 0 aliphatic rings. The number of H-pyrrole nitrogens is 2. The Labute approximate surface area is 117 Å². The average molecular weight is 289 g/mol. The number of aromatic carboxylic acids is 1. The molecule has 0 fully saturated rings. The molecule has 108 valence electrons. The first kappa shape index (κ1) is 14.3. The van der Waals surface area contributed by atoms with Crippen molar-refractivity contribution in [1.29, 1.82) is 0 Å². The Hall–Kier alpha value is -3.16. The number of anilines is 1.